The van der Waals surface area contributed by atoms with Gasteiger partial charge in [-0.05, 0) is 17.7 Å². The Hall–Kier alpha value is -1.05. The fraction of sp³-hybridized carbons (Fsp3) is 0.462. The lowest BCUT2D eigenvalue weighted by molar-refractivity contribution is 0.278. The molecule has 1 aliphatic rings. The lowest BCUT2D eigenvalue weighted by Crippen LogP contribution is -2.36. The smallest absolute Gasteiger partial charge is 0.140 e. The minimum atomic E-state index is -0.432. The van der Waals surface area contributed by atoms with Crippen LogP contribution in [0.15, 0.2) is 18.2 Å². The molecule has 0 bridgehead atoms. The molecule has 0 amide bonds. The molecule has 0 aliphatic carbocycles. The molecular formula is C13H15FN2S. The highest BCUT2D eigenvalue weighted by Crippen LogP contribution is 2.20. The average molecular weight is 250 g/mol. The predicted molar refractivity (Wildman–Crippen MR) is 68.3 cm³/mol. The van der Waals surface area contributed by atoms with Gasteiger partial charge in [-0.25, -0.2) is 4.39 Å². The number of nitriles is 1. The van der Waals surface area contributed by atoms with Crippen molar-refractivity contribution in [2.75, 3.05) is 18.8 Å². The van der Waals surface area contributed by atoms with E-state index in [0.29, 0.717) is 5.25 Å². The van der Waals surface area contributed by atoms with Crippen molar-refractivity contribution in [3.63, 3.8) is 0 Å². The molecule has 90 valence electrons. The fourth-order valence-corrected chi connectivity index (χ4v) is 3.13. The van der Waals surface area contributed by atoms with Crippen LogP contribution in [0.3, 0.4) is 0 Å². The first kappa shape index (κ1) is 12.4. The summed E-state index contributed by atoms with van der Waals surface area (Å²) >= 11 is 1.99. The minimum absolute atomic E-state index is 0.141. The molecule has 1 aliphatic heterocycles. The lowest BCUT2D eigenvalue weighted by atomic mass is 10.1. The van der Waals surface area contributed by atoms with E-state index in [9.17, 15) is 4.39 Å². The second kappa shape index (κ2) is 5.52. The summed E-state index contributed by atoms with van der Waals surface area (Å²) < 4.78 is 13.2. The van der Waals surface area contributed by atoms with Gasteiger partial charge in [-0.1, -0.05) is 13.0 Å². The van der Waals surface area contributed by atoms with Gasteiger partial charge in [0.25, 0.3) is 0 Å². The van der Waals surface area contributed by atoms with Gasteiger partial charge in [0, 0.05) is 30.6 Å². The van der Waals surface area contributed by atoms with Gasteiger partial charge < -0.3 is 0 Å². The van der Waals surface area contributed by atoms with Gasteiger partial charge in [0.15, 0.2) is 0 Å². The Morgan fingerprint density at radius 3 is 3.12 bits per heavy atom. The molecule has 1 heterocycles. The van der Waals surface area contributed by atoms with E-state index in [1.807, 2.05) is 17.8 Å². The molecule has 0 spiro atoms. The molecule has 0 saturated carbocycles. The van der Waals surface area contributed by atoms with Crippen molar-refractivity contribution in [3.8, 4) is 6.07 Å². The Morgan fingerprint density at radius 2 is 2.41 bits per heavy atom. The van der Waals surface area contributed by atoms with Crippen molar-refractivity contribution < 1.29 is 4.39 Å². The Kier molecular flexibility index (Phi) is 4.03. The van der Waals surface area contributed by atoms with Gasteiger partial charge in [0.05, 0.1) is 5.56 Å². The van der Waals surface area contributed by atoms with Crippen LogP contribution < -0.4 is 0 Å². The van der Waals surface area contributed by atoms with Gasteiger partial charge in [-0.3, -0.25) is 4.90 Å². The number of nitrogens with zero attached hydrogens (tertiary/aromatic N) is 2. The number of halogens is 1. The summed E-state index contributed by atoms with van der Waals surface area (Å²) in [5.74, 6) is 0.715. The molecule has 1 unspecified atom stereocenters. The second-order valence-corrected chi connectivity index (χ2v) is 5.89. The first-order valence-corrected chi connectivity index (χ1v) is 6.76. The quantitative estimate of drug-likeness (QED) is 0.807. The maximum Gasteiger partial charge on any atom is 0.140 e. The monoisotopic (exact) mass is 250 g/mol. The number of rotatable bonds is 2. The van der Waals surface area contributed by atoms with Crippen LogP contribution in [0.25, 0.3) is 0 Å². The summed E-state index contributed by atoms with van der Waals surface area (Å²) in [5, 5.41) is 9.44. The SMILES string of the molecule is CC1CN(Cc2ccc(F)c(C#N)c2)CCS1. The molecule has 4 heteroatoms. The summed E-state index contributed by atoms with van der Waals surface area (Å²) in [6.45, 7) is 5.15. The summed E-state index contributed by atoms with van der Waals surface area (Å²) in [5.41, 5.74) is 1.16. The number of hydrogen-bond acceptors (Lipinski definition) is 3. The topological polar surface area (TPSA) is 27.0 Å². The van der Waals surface area contributed by atoms with Crippen LogP contribution in [0.2, 0.25) is 0 Å². The van der Waals surface area contributed by atoms with Crippen LogP contribution in [0.5, 0.6) is 0 Å². The molecule has 2 nitrogen and oxygen atoms in total. The van der Waals surface area contributed by atoms with E-state index in [1.165, 1.54) is 6.07 Å². The van der Waals surface area contributed by atoms with E-state index >= 15 is 0 Å². The number of benzene rings is 1. The zero-order valence-corrected chi connectivity index (χ0v) is 10.6. The highest BCUT2D eigenvalue weighted by molar-refractivity contribution is 7.99. The Morgan fingerprint density at radius 1 is 1.59 bits per heavy atom. The molecule has 0 aromatic heterocycles. The average Bonchev–Trinajstić information content (AvgIpc) is 2.32. The van der Waals surface area contributed by atoms with Gasteiger partial charge in [0.2, 0.25) is 0 Å². The Bertz CT molecular complexity index is 442. The van der Waals surface area contributed by atoms with Crippen molar-refractivity contribution in [2.24, 2.45) is 0 Å². The van der Waals surface area contributed by atoms with Crippen molar-refractivity contribution in [1.82, 2.24) is 4.90 Å². The Labute approximate surface area is 105 Å². The molecule has 2 rings (SSSR count). The van der Waals surface area contributed by atoms with E-state index in [1.54, 1.807) is 12.1 Å². The third-order valence-corrected chi connectivity index (χ3v) is 4.02. The lowest BCUT2D eigenvalue weighted by Gasteiger charge is -2.30. The zero-order chi connectivity index (χ0) is 12.3. The molecule has 0 N–H and O–H groups in total. The van der Waals surface area contributed by atoms with Gasteiger partial charge >= 0.3 is 0 Å². The first-order chi connectivity index (χ1) is 8.19. The van der Waals surface area contributed by atoms with E-state index in [-0.39, 0.29) is 5.56 Å². The van der Waals surface area contributed by atoms with Crippen LogP contribution in [0.4, 0.5) is 4.39 Å². The third kappa shape index (κ3) is 3.21. The van der Waals surface area contributed by atoms with Crippen molar-refractivity contribution in [1.29, 1.82) is 5.26 Å². The Balaban J connectivity index is 2.06. The van der Waals surface area contributed by atoms with Crippen molar-refractivity contribution >= 4 is 11.8 Å². The van der Waals surface area contributed by atoms with E-state index in [0.717, 1.165) is 31.0 Å². The molecule has 1 aromatic rings. The second-order valence-electron chi connectivity index (χ2n) is 4.34. The van der Waals surface area contributed by atoms with Crippen molar-refractivity contribution in [3.05, 3.63) is 35.1 Å². The highest BCUT2D eigenvalue weighted by Gasteiger charge is 2.16. The molecule has 1 saturated heterocycles. The highest BCUT2D eigenvalue weighted by atomic mass is 32.2. The molecule has 1 atom stereocenters. The van der Waals surface area contributed by atoms with E-state index in [4.69, 9.17) is 5.26 Å². The molecule has 1 aromatic carbocycles. The van der Waals surface area contributed by atoms with Gasteiger partial charge in [-0.2, -0.15) is 17.0 Å². The summed E-state index contributed by atoms with van der Waals surface area (Å²) in [6, 6.07) is 6.69. The first-order valence-electron chi connectivity index (χ1n) is 5.71. The van der Waals surface area contributed by atoms with Gasteiger partial charge in [-0.15, -0.1) is 0 Å². The van der Waals surface area contributed by atoms with E-state index < -0.39 is 5.82 Å². The van der Waals surface area contributed by atoms with E-state index in [2.05, 4.69) is 11.8 Å². The largest absolute Gasteiger partial charge is 0.297 e. The summed E-state index contributed by atoms with van der Waals surface area (Å²) in [7, 11) is 0. The standard InChI is InChI=1S/C13H15FN2S/c1-10-8-16(4-5-17-10)9-11-2-3-13(14)12(6-11)7-15/h2-3,6,10H,4-5,8-9H2,1H3. The van der Waals surface area contributed by atoms with Crippen LogP contribution in [0.1, 0.15) is 18.1 Å². The third-order valence-electron chi connectivity index (χ3n) is 2.88. The number of hydrogen-bond donors (Lipinski definition) is 0. The summed E-state index contributed by atoms with van der Waals surface area (Å²) in [6.07, 6.45) is 0. The molecule has 1 fully saturated rings. The zero-order valence-electron chi connectivity index (χ0n) is 9.82. The maximum absolute atomic E-state index is 13.2. The maximum atomic E-state index is 13.2. The van der Waals surface area contributed by atoms with Crippen LogP contribution in [-0.4, -0.2) is 29.0 Å². The predicted octanol–water partition coefficient (Wildman–Crippen LogP) is 2.63. The fourth-order valence-electron chi connectivity index (χ4n) is 2.05. The van der Waals surface area contributed by atoms with Gasteiger partial charge in [0.1, 0.15) is 11.9 Å². The minimum Gasteiger partial charge on any atom is -0.297 e. The van der Waals surface area contributed by atoms with Crippen LogP contribution >= 0.6 is 11.8 Å². The molecular weight excluding hydrogens is 235 g/mol. The summed E-state index contributed by atoms with van der Waals surface area (Å²) in [4.78, 5) is 2.36. The van der Waals surface area contributed by atoms with Crippen molar-refractivity contribution in [2.45, 2.75) is 18.7 Å². The van der Waals surface area contributed by atoms with Crippen LogP contribution in [-0.2, 0) is 6.54 Å². The van der Waals surface area contributed by atoms with Crippen LogP contribution in [0, 0.1) is 17.1 Å². The normalized spacial score (nSPS) is 21.1. The molecule has 0 radical (unpaired) electrons. The number of thioether (sulfide) groups is 1. The molecule has 17 heavy (non-hydrogen) atoms.